The summed E-state index contributed by atoms with van der Waals surface area (Å²) in [6.07, 6.45) is 1.77. The van der Waals surface area contributed by atoms with Crippen molar-refractivity contribution in [2.24, 2.45) is 0 Å². The summed E-state index contributed by atoms with van der Waals surface area (Å²) in [4.78, 5) is 24.5. The topological polar surface area (TPSA) is 57.6 Å². The van der Waals surface area contributed by atoms with Crippen molar-refractivity contribution < 1.29 is 14.7 Å². The number of hydrogen-bond acceptors (Lipinski definition) is 3. The van der Waals surface area contributed by atoms with E-state index in [1.165, 1.54) is 18.3 Å². The second-order valence-electron chi connectivity index (χ2n) is 3.92. The molecule has 1 N–H and O–H groups in total. The number of amides is 1. The minimum absolute atomic E-state index is 0.00962. The summed E-state index contributed by atoms with van der Waals surface area (Å²) < 4.78 is 0. The summed E-state index contributed by atoms with van der Waals surface area (Å²) in [6.45, 7) is 2.68. The molecule has 2 heterocycles. The molecular weight excluding hydrogens is 226 g/mol. The van der Waals surface area contributed by atoms with Crippen LogP contribution in [0.4, 0.5) is 0 Å². The molecule has 0 spiro atoms. The lowest BCUT2D eigenvalue weighted by Crippen LogP contribution is -2.28. The third-order valence-electron chi connectivity index (χ3n) is 2.84. The number of carbonyl (C=O) groups excluding carboxylic acids is 1. The Bertz CT molecular complexity index is 438. The largest absolute Gasteiger partial charge is 0.477 e. The monoisotopic (exact) mass is 239 g/mol. The highest BCUT2D eigenvalue weighted by atomic mass is 32.1. The maximum Gasteiger partial charge on any atom is 0.346 e. The van der Waals surface area contributed by atoms with Gasteiger partial charge in [0.05, 0.1) is 0 Å². The number of carboxylic acids is 1. The van der Waals surface area contributed by atoms with Crippen LogP contribution in [0, 0.1) is 0 Å². The SMILES string of the molecule is CC(=O)N1CCCc2csc(C(=O)O)c2C1. The first-order chi connectivity index (χ1) is 7.59. The molecule has 1 aliphatic heterocycles. The van der Waals surface area contributed by atoms with E-state index < -0.39 is 5.97 Å². The van der Waals surface area contributed by atoms with Crippen molar-refractivity contribution in [1.82, 2.24) is 4.90 Å². The second-order valence-corrected chi connectivity index (χ2v) is 4.80. The molecule has 4 nitrogen and oxygen atoms in total. The third kappa shape index (κ3) is 1.95. The Labute approximate surface area is 97.5 Å². The van der Waals surface area contributed by atoms with E-state index in [9.17, 15) is 9.59 Å². The zero-order valence-corrected chi connectivity index (χ0v) is 9.84. The predicted octanol–water partition coefficient (Wildman–Crippen LogP) is 1.74. The molecule has 86 valence electrons. The van der Waals surface area contributed by atoms with Crippen LogP contribution in [0.2, 0.25) is 0 Å². The molecule has 1 amide bonds. The van der Waals surface area contributed by atoms with Gasteiger partial charge in [0.15, 0.2) is 0 Å². The Kier molecular flexibility index (Phi) is 2.96. The lowest BCUT2D eigenvalue weighted by molar-refractivity contribution is -0.129. The minimum atomic E-state index is -0.892. The van der Waals surface area contributed by atoms with Gasteiger partial charge in [-0.25, -0.2) is 4.79 Å². The van der Waals surface area contributed by atoms with Gasteiger partial charge < -0.3 is 10.0 Å². The Morgan fingerprint density at radius 1 is 1.50 bits per heavy atom. The molecule has 5 heteroatoms. The standard InChI is InChI=1S/C11H13NO3S/c1-7(13)12-4-2-3-8-6-16-10(11(14)15)9(8)5-12/h6H,2-5H2,1H3,(H,14,15). The molecule has 1 aromatic rings. The van der Waals surface area contributed by atoms with Gasteiger partial charge in [0.1, 0.15) is 4.88 Å². The number of carbonyl (C=O) groups is 2. The van der Waals surface area contributed by atoms with Gasteiger partial charge in [-0.1, -0.05) is 0 Å². The summed E-state index contributed by atoms with van der Waals surface area (Å²) in [5.74, 6) is -0.882. The molecule has 0 aromatic carbocycles. The third-order valence-corrected chi connectivity index (χ3v) is 3.90. The van der Waals surface area contributed by atoms with E-state index in [0.29, 0.717) is 18.0 Å². The van der Waals surface area contributed by atoms with Gasteiger partial charge in [0.2, 0.25) is 5.91 Å². The molecule has 2 rings (SSSR count). The Balaban J connectivity index is 2.36. The lowest BCUT2D eigenvalue weighted by atomic mass is 10.1. The molecule has 0 atom stereocenters. The van der Waals surface area contributed by atoms with Gasteiger partial charge in [0.25, 0.3) is 0 Å². The van der Waals surface area contributed by atoms with Crippen molar-refractivity contribution in [2.45, 2.75) is 26.3 Å². The molecule has 0 saturated heterocycles. The first-order valence-electron chi connectivity index (χ1n) is 5.17. The first-order valence-corrected chi connectivity index (χ1v) is 6.05. The summed E-state index contributed by atoms with van der Waals surface area (Å²) in [6, 6.07) is 0. The fourth-order valence-electron chi connectivity index (χ4n) is 1.98. The van der Waals surface area contributed by atoms with Gasteiger partial charge in [-0.15, -0.1) is 11.3 Å². The van der Waals surface area contributed by atoms with Crippen LogP contribution in [0.15, 0.2) is 5.38 Å². The summed E-state index contributed by atoms with van der Waals surface area (Å²) in [7, 11) is 0. The lowest BCUT2D eigenvalue weighted by Gasteiger charge is -2.18. The fraction of sp³-hybridized carbons (Fsp3) is 0.455. The molecule has 0 fully saturated rings. The Morgan fingerprint density at radius 2 is 2.25 bits per heavy atom. The van der Waals surface area contributed by atoms with Gasteiger partial charge in [-0.2, -0.15) is 0 Å². The first kappa shape index (κ1) is 11.1. The van der Waals surface area contributed by atoms with Crippen LogP contribution < -0.4 is 0 Å². The number of aryl methyl sites for hydroxylation is 1. The number of carboxylic acid groups (broad SMARTS) is 1. The highest BCUT2D eigenvalue weighted by Crippen LogP contribution is 2.28. The Morgan fingerprint density at radius 3 is 2.88 bits per heavy atom. The van der Waals surface area contributed by atoms with E-state index in [-0.39, 0.29) is 5.91 Å². The van der Waals surface area contributed by atoms with Crippen LogP contribution in [0.3, 0.4) is 0 Å². The summed E-state index contributed by atoms with van der Waals surface area (Å²) in [5, 5.41) is 11.0. The maximum atomic E-state index is 11.3. The van der Waals surface area contributed by atoms with E-state index >= 15 is 0 Å². The van der Waals surface area contributed by atoms with Crippen LogP contribution >= 0.6 is 11.3 Å². The highest BCUT2D eigenvalue weighted by molar-refractivity contribution is 7.12. The van der Waals surface area contributed by atoms with Gasteiger partial charge in [-0.05, 0) is 23.8 Å². The van der Waals surface area contributed by atoms with Crippen LogP contribution in [0.25, 0.3) is 0 Å². The van der Waals surface area contributed by atoms with E-state index in [1.54, 1.807) is 4.90 Å². The van der Waals surface area contributed by atoms with Crippen LogP contribution in [-0.2, 0) is 17.8 Å². The molecule has 1 aliphatic rings. The number of nitrogens with zero attached hydrogens (tertiary/aromatic N) is 1. The van der Waals surface area contributed by atoms with Crippen LogP contribution in [-0.4, -0.2) is 28.4 Å². The highest BCUT2D eigenvalue weighted by Gasteiger charge is 2.23. The Hall–Kier alpha value is -1.36. The van der Waals surface area contributed by atoms with Gasteiger partial charge >= 0.3 is 5.97 Å². The summed E-state index contributed by atoms with van der Waals surface area (Å²) in [5.41, 5.74) is 1.91. The predicted molar refractivity (Wildman–Crippen MR) is 60.7 cm³/mol. The smallest absolute Gasteiger partial charge is 0.346 e. The second kappa shape index (κ2) is 4.25. The number of aromatic carboxylic acids is 1. The normalized spacial score (nSPS) is 15.4. The number of fused-ring (bicyclic) bond motifs is 1. The average molecular weight is 239 g/mol. The molecular formula is C11H13NO3S. The number of hydrogen-bond donors (Lipinski definition) is 1. The molecule has 0 unspecified atom stereocenters. The number of thiophene rings is 1. The fourth-order valence-corrected chi connectivity index (χ4v) is 2.94. The van der Waals surface area contributed by atoms with Crippen molar-refractivity contribution in [3.05, 3.63) is 21.4 Å². The van der Waals surface area contributed by atoms with Gasteiger partial charge in [0, 0.05) is 25.6 Å². The van der Waals surface area contributed by atoms with Crippen molar-refractivity contribution in [2.75, 3.05) is 6.54 Å². The van der Waals surface area contributed by atoms with E-state index in [4.69, 9.17) is 5.11 Å². The molecule has 16 heavy (non-hydrogen) atoms. The zero-order chi connectivity index (χ0) is 11.7. The quantitative estimate of drug-likeness (QED) is 0.812. The van der Waals surface area contributed by atoms with E-state index in [2.05, 4.69) is 0 Å². The molecule has 0 saturated carbocycles. The van der Waals surface area contributed by atoms with E-state index in [1.807, 2.05) is 5.38 Å². The molecule has 1 aromatic heterocycles. The molecule has 0 aliphatic carbocycles. The average Bonchev–Trinajstić information content (AvgIpc) is 2.48. The maximum absolute atomic E-state index is 11.3. The van der Waals surface area contributed by atoms with Crippen molar-refractivity contribution in [3.63, 3.8) is 0 Å². The van der Waals surface area contributed by atoms with Crippen molar-refractivity contribution in [3.8, 4) is 0 Å². The van der Waals surface area contributed by atoms with Crippen molar-refractivity contribution in [1.29, 1.82) is 0 Å². The zero-order valence-electron chi connectivity index (χ0n) is 9.02. The summed E-state index contributed by atoms with van der Waals surface area (Å²) >= 11 is 1.26. The van der Waals surface area contributed by atoms with Crippen LogP contribution in [0.1, 0.15) is 34.1 Å². The molecule has 0 radical (unpaired) electrons. The molecule has 0 bridgehead atoms. The van der Waals surface area contributed by atoms with Gasteiger partial charge in [-0.3, -0.25) is 4.79 Å². The van der Waals surface area contributed by atoms with Crippen molar-refractivity contribution >= 4 is 23.2 Å². The minimum Gasteiger partial charge on any atom is -0.477 e. The number of rotatable bonds is 1. The van der Waals surface area contributed by atoms with E-state index in [0.717, 1.165) is 24.0 Å². The van der Waals surface area contributed by atoms with Crippen LogP contribution in [0.5, 0.6) is 0 Å².